The Kier molecular flexibility index (Phi) is 4.90. The molecular weight excluding hydrogens is 286 g/mol. The summed E-state index contributed by atoms with van der Waals surface area (Å²) in [5.41, 5.74) is 0.347. The predicted molar refractivity (Wildman–Crippen MR) is 80.4 cm³/mol. The van der Waals surface area contributed by atoms with Crippen molar-refractivity contribution < 1.29 is 24.2 Å². The highest BCUT2D eigenvalue weighted by Gasteiger charge is 2.37. The molecule has 6 heteroatoms. The van der Waals surface area contributed by atoms with Crippen LogP contribution >= 0.6 is 0 Å². The van der Waals surface area contributed by atoms with Gasteiger partial charge in [0.2, 0.25) is 0 Å². The first-order chi connectivity index (χ1) is 10.4. The summed E-state index contributed by atoms with van der Waals surface area (Å²) < 4.78 is 10.8. The van der Waals surface area contributed by atoms with Crippen molar-refractivity contribution in [2.24, 2.45) is 5.92 Å². The number of rotatable bonds is 7. The molecule has 1 aromatic rings. The zero-order valence-corrected chi connectivity index (χ0v) is 13.0. The second kappa shape index (κ2) is 6.68. The second-order valence-electron chi connectivity index (χ2n) is 5.66. The molecule has 0 saturated heterocycles. The molecule has 1 atom stereocenters. The molecule has 1 fully saturated rings. The topological polar surface area (TPSA) is 84.9 Å². The van der Waals surface area contributed by atoms with Crippen LogP contribution < -0.4 is 14.8 Å². The van der Waals surface area contributed by atoms with Crippen molar-refractivity contribution in [2.45, 2.75) is 38.8 Å². The molecule has 22 heavy (non-hydrogen) atoms. The summed E-state index contributed by atoms with van der Waals surface area (Å²) in [5, 5.41) is 11.7. The number of carbonyl (C=O) groups is 2. The summed E-state index contributed by atoms with van der Waals surface area (Å²) in [6.07, 6.45) is 1.66. The maximum absolute atomic E-state index is 12.2. The lowest BCUT2D eigenvalue weighted by Gasteiger charge is -2.16. The van der Waals surface area contributed by atoms with E-state index in [0.717, 1.165) is 12.8 Å². The third-order valence-corrected chi connectivity index (χ3v) is 3.43. The van der Waals surface area contributed by atoms with Gasteiger partial charge in [0.25, 0.3) is 5.91 Å². The Morgan fingerprint density at radius 2 is 1.95 bits per heavy atom. The molecule has 0 aliphatic heterocycles. The molecule has 6 nitrogen and oxygen atoms in total. The second-order valence-corrected chi connectivity index (χ2v) is 5.66. The van der Waals surface area contributed by atoms with E-state index < -0.39 is 17.9 Å². The Hall–Kier alpha value is -2.24. The Bertz CT molecular complexity index is 566. The minimum atomic E-state index is -0.998. The highest BCUT2D eigenvalue weighted by atomic mass is 16.5. The highest BCUT2D eigenvalue weighted by Crippen LogP contribution is 2.33. The highest BCUT2D eigenvalue weighted by molar-refractivity contribution is 5.97. The van der Waals surface area contributed by atoms with Crippen molar-refractivity contribution in [3.05, 3.63) is 23.8 Å². The SMILES string of the molecule is COc1cc(C(=O)NC(C(=O)O)C2CC2)ccc1OC(C)C. The number of ether oxygens (including phenoxy) is 2. The molecule has 1 aliphatic carbocycles. The van der Waals surface area contributed by atoms with E-state index in [0.29, 0.717) is 17.1 Å². The first-order valence-electron chi connectivity index (χ1n) is 7.30. The zero-order chi connectivity index (χ0) is 16.3. The van der Waals surface area contributed by atoms with Gasteiger partial charge in [0, 0.05) is 5.56 Å². The van der Waals surface area contributed by atoms with Gasteiger partial charge in [-0.3, -0.25) is 4.79 Å². The molecule has 0 radical (unpaired) electrons. The molecule has 0 aromatic heterocycles. The van der Waals surface area contributed by atoms with Gasteiger partial charge in [0.15, 0.2) is 11.5 Å². The molecule has 1 unspecified atom stereocenters. The Balaban J connectivity index is 2.13. The lowest BCUT2D eigenvalue weighted by atomic mass is 10.1. The van der Waals surface area contributed by atoms with Crippen LogP contribution in [0.3, 0.4) is 0 Å². The van der Waals surface area contributed by atoms with Crippen molar-refractivity contribution in [1.82, 2.24) is 5.32 Å². The van der Waals surface area contributed by atoms with E-state index >= 15 is 0 Å². The van der Waals surface area contributed by atoms with E-state index in [9.17, 15) is 9.59 Å². The van der Waals surface area contributed by atoms with Crippen LogP contribution in [0.5, 0.6) is 11.5 Å². The van der Waals surface area contributed by atoms with Crippen molar-refractivity contribution in [2.75, 3.05) is 7.11 Å². The number of carboxylic acid groups (broad SMARTS) is 1. The van der Waals surface area contributed by atoms with Crippen LogP contribution in [0.25, 0.3) is 0 Å². The number of hydrogen-bond donors (Lipinski definition) is 2. The molecule has 1 saturated carbocycles. The molecule has 1 aliphatic rings. The fraction of sp³-hybridized carbons (Fsp3) is 0.500. The molecule has 2 rings (SSSR count). The fourth-order valence-electron chi connectivity index (χ4n) is 2.20. The number of nitrogens with one attached hydrogen (secondary N) is 1. The van der Waals surface area contributed by atoms with Gasteiger partial charge >= 0.3 is 5.97 Å². The third-order valence-electron chi connectivity index (χ3n) is 3.43. The van der Waals surface area contributed by atoms with Crippen molar-refractivity contribution >= 4 is 11.9 Å². The normalized spacial score (nSPS) is 15.3. The standard InChI is InChI=1S/C16H21NO5/c1-9(2)22-12-7-6-11(8-13(12)21-3)15(18)17-14(16(19)20)10-4-5-10/h6-10,14H,4-5H2,1-3H3,(H,17,18)(H,19,20). The van der Waals surface area contributed by atoms with Gasteiger partial charge in [-0.2, -0.15) is 0 Å². The average molecular weight is 307 g/mol. The van der Waals surface area contributed by atoms with Crippen LogP contribution in [-0.2, 0) is 4.79 Å². The predicted octanol–water partition coefficient (Wildman–Crippen LogP) is 2.08. The van der Waals surface area contributed by atoms with Crippen LogP contribution in [0.2, 0.25) is 0 Å². The summed E-state index contributed by atoms with van der Waals surface area (Å²) in [6.45, 7) is 3.79. The molecular formula is C16H21NO5. The van der Waals surface area contributed by atoms with E-state index in [2.05, 4.69) is 5.32 Å². The molecule has 120 valence electrons. The lowest BCUT2D eigenvalue weighted by Crippen LogP contribution is -2.42. The van der Waals surface area contributed by atoms with E-state index in [1.165, 1.54) is 7.11 Å². The number of amides is 1. The van der Waals surface area contributed by atoms with Crippen LogP contribution in [0, 0.1) is 5.92 Å². The number of carboxylic acids is 1. The number of carbonyl (C=O) groups excluding carboxylic acids is 1. The first-order valence-corrected chi connectivity index (χ1v) is 7.30. The number of benzene rings is 1. The van der Waals surface area contributed by atoms with Crippen LogP contribution in [-0.4, -0.2) is 36.2 Å². The fourth-order valence-corrected chi connectivity index (χ4v) is 2.20. The Labute approximate surface area is 129 Å². The van der Waals surface area contributed by atoms with Gasteiger partial charge < -0.3 is 19.9 Å². The smallest absolute Gasteiger partial charge is 0.326 e. The van der Waals surface area contributed by atoms with Crippen LogP contribution in [0.1, 0.15) is 37.0 Å². The van der Waals surface area contributed by atoms with Crippen molar-refractivity contribution in [3.63, 3.8) is 0 Å². The monoisotopic (exact) mass is 307 g/mol. The first kappa shape index (κ1) is 16.1. The summed E-state index contributed by atoms with van der Waals surface area (Å²) in [4.78, 5) is 23.4. The van der Waals surface area contributed by atoms with E-state index in [1.54, 1.807) is 18.2 Å². The van der Waals surface area contributed by atoms with Gasteiger partial charge in [-0.25, -0.2) is 4.79 Å². The number of aliphatic carboxylic acids is 1. The molecule has 0 heterocycles. The maximum atomic E-state index is 12.2. The maximum Gasteiger partial charge on any atom is 0.326 e. The molecule has 0 spiro atoms. The summed E-state index contributed by atoms with van der Waals surface area (Å²) in [6, 6.07) is 3.98. The molecule has 1 aromatic carbocycles. The minimum absolute atomic E-state index is 0.0140. The number of hydrogen-bond acceptors (Lipinski definition) is 4. The average Bonchev–Trinajstić information content (AvgIpc) is 3.28. The third kappa shape index (κ3) is 3.90. The number of methoxy groups -OCH3 is 1. The van der Waals surface area contributed by atoms with Gasteiger partial charge in [0.1, 0.15) is 6.04 Å². The molecule has 0 bridgehead atoms. The quantitative estimate of drug-likeness (QED) is 0.805. The van der Waals surface area contributed by atoms with Gasteiger partial charge in [-0.15, -0.1) is 0 Å². The van der Waals surface area contributed by atoms with E-state index in [-0.39, 0.29) is 12.0 Å². The largest absolute Gasteiger partial charge is 0.493 e. The molecule has 1 amide bonds. The van der Waals surface area contributed by atoms with Crippen LogP contribution in [0.4, 0.5) is 0 Å². The van der Waals surface area contributed by atoms with E-state index in [4.69, 9.17) is 14.6 Å². The molecule has 2 N–H and O–H groups in total. The summed E-state index contributed by atoms with van der Waals surface area (Å²) >= 11 is 0. The van der Waals surface area contributed by atoms with Crippen molar-refractivity contribution in [1.29, 1.82) is 0 Å². The van der Waals surface area contributed by atoms with Gasteiger partial charge in [-0.1, -0.05) is 0 Å². The van der Waals surface area contributed by atoms with E-state index in [1.807, 2.05) is 13.8 Å². The zero-order valence-electron chi connectivity index (χ0n) is 13.0. The Morgan fingerprint density at radius 1 is 1.27 bits per heavy atom. The van der Waals surface area contributed by atoms with Gasteiger partial charge in [-0.05, 0) is 50.8 Å². The summed E-state index contributed by atoms with van der Waals surface area (Å²) in [7, 11) is 1.49. The summed E-state index contributed by atoms with van der Waals surface area (Å²) in [5.74, 6) is -0.395. The van der Waals surface area contributed by atoms with Gasteiger partial charge in [0.05, 0.1) is 13.2 Å². The van der Waals surface area contributed by atoms with Crippen LogP contribution in [0.15, 0.2) is 18.2 Å². The minimum Gasteiger partial charge on any atom is -0.493 e. The lowest BCUT2D eigenvalue weighted by molar-refractivity contribution is -0.139. The van der Waals surface area contributed by atoms with Crippen molar-refractivity contribution in [3.8, 4) is 11.5 Å². The Morgan fingerprint density at radius 3 is 2.45 bits per heavy atom.